The molecular formula is C7H11NO. The Hall–Kier alpha value is -0.790. The lowest BCUT2D eigenvalue weighted by Crippen LogP contribution is -2.27. The van der Waals surface area contributed by atoms with Gasteiger partial charge in [0.15, 0.2) is 0 Å². The van der Waals surface area contributed by atoms with Crippen LogP contribution < -0.4 is 5.32 Å². The van der Waals surface area contributed by atoms with Crippen molar-refractivity contribution in [2.75, 3.05) is 0 Å². The van der Waals surface area contributed by atoms with Crippen molar-refractivity contribution in [2.24, 2.45) is 0 Å². The van der Waals surface area contributed by atoms with Crippen LogP contribution in [-0.4, -0.2) is 12.5 Å². The Kier molecular flexibility index (Phi) is 2.31. The summed E-state index contributed by atoms with van der Waals surface area (Å²) in [5.74, 6) is 0. The first-order chi connectivity index (χ1) is 4.43. The highest BCUT2D eigenvalue weighted by Crippen LogP contribution is 2.09. The SMILES string of the molecule is O=CN[C@H]1CC=CCC1. The number of hydrogen-bond donors (Lipinski definition) is 1. The predicted molar refractivity (Wildman–Crippen MR) is 36.0 cm³/mol. The lowest BCUT2D eigenvalue weighted by Gasteiger charge is -2.15. The van der Waals surface area contributed by atoms with Gasteiger partial charge in [-0.25, -0.2) is 0 Å². The summed E-state index contributed by atoms with van der Waals surface area (Å²) in [6.07, 6.45) is 8.25. The van der Waals surface area contributed by atoms with Crippen molar-refractivity contribution in [3.05, 3.63) is 12.2 Å². The van der Waals surface area contributed by atoms with Crippen LogP contribution >= 0.6 is 0 Å². The number of carbonyl (C=O) groups excluding carboxylic acids is 1. The molecule has 1 aliphatic rings. The summed E-state index contributed by atoms with van der Waals surface area (Å²) in [5, 5.41) is 2.75. The highest BCUT2D eigenvalue weighted by molar-refractivity contribution is 5.46. The number of nitrogens with one attached hydrogen (secondary N) is 1. The van der Waals surface area contributed by atoms with E-state index in [2.05, 4.69) is 17.5 Å². The molecule has 1 atom stereocenters. The molecule has 0 aromatic heterocycles. The van der Waals surface area contributed by atoms with E-state index in [0.29, 0.717) is 6.04 Å². The Balaban J connectivity index is 2.26. The zero-order valence-electron chi connectivity index (χ0n) is 5.34. The minimum atomic E-state index is 0.396. The molecule has 2 heteroatoms. The zero-order chi connectivity index (χ0) is 6.53. The van der Waals surface area contributed by atoms with E-state index in [1.807, 2.05) is 0 Å². The maximum Gasteiger partial charge on any atom is 0.207 e. The molecule has 1 rings (SSSR count). The summed E-state index contributed by atoms with van der Waals surface area (Å²) >= 11 is 0. The third-order valence-electron chi connectivity index (χ3n) is 1.57. The van der Waals surface area contributed by atoms with Crippen LogP contribution in [0.5, 0.6) is 0 Å². The second-order valence-corrected chi connectivity index (χ2v) is 2.27. The van der Waals surface area contributed by atoms with Gasteiger partial charge in [0, 0.05) is 6.04 Å². The topological polar surface area (TPSA) is 29.1 Å². The molecule has 0 radical (unpaired) electrons. The highest BCUT2D eigenvalue weighted by atomic mass is 16.1. The number of hydrogen-bond acceptors (Lipinski definition) is 1. The molecule has 0 spiro atoms. The smallest absolute Gasteiger partial charge is 0.207 e. The summed E-state index contributed by atoms with van der Waals surface area (Å²) in [4.78, 5) is 9.94. The van der Waals surface area contributed by atoms with E-state index >= 15 is 0 Å². The number of carbonyl (C=O) groups is 1. The Morgan fingerprint density at radius 2 is 2.44 bits per heavy atom. The van der Waals surface area contributed by atoms with E-state index < -0.39 is 0 Å². The number of allylic oxidation sites excluding steroid dienone is 1. The molecule has 1 N–H and O–H groups in total. The lowest BCUT2D eigenvalue weighted by atomic mass is 10.0. The summed E-state index contributed by atoms with van der Waals surface area (Å²) in [5.41, 5.74) is 0. The van der Waals surface area contributed by atoms with Gasteiger partial charge < -0.3 is 5.32 Å². The molecule has 0 fully saturated rings. The predicted octanol–water partition coefficient (Wildman–Crippen LogP) is 0.841. The van der Waals surface area contributed by atoms with Crippen LogP contribution in [-0.2, 0) is 4.79 Å². The second-order valence-electron chi connectivity index (χ2n) is 2.27. The van der Waals surface area contributed by atoms with Crippen LogP contribution in [0.15, 0.2) is 12.2 Å². The molecule has 0 unspecified atom stereocenters. The number of rotatable bonds is 2. The van der Waals surface area contributed by atoms with Crippen molar-refractivity contribution in [3.8, 4) is 0 Å². The van der Waals surface area contributed by atoms with Gasteiger partial charge >= 0.3 is 0 Å². The lowest BCUT2D eigenvalue weighted by molar-refractivity contribution is -0.110. The van der Waals surface area contributed by atoms with Gasteiger partial charge in [-0.1, -0.05) is 12.2 Å². The minimum Gasteiger partial charge on any atom is -0.356 e. The molecule has 2 nitrogen and oxygen atoms in total. The maximum absolute atomic E-state index is 9.94. The fourth-order valence-corrected chi connectivity index (χ4v) is 1.04. The molecule has 9 heavy (non-hydrogen) atoms. The Morgan fingerprint density at radius 1 is 1.56 bits per heavy atom. The maximum atomic E-state index is 9.94. The Labute approximate surface area is 54.9 Å². The van der Waals surface area contributed by atoms with Crippen molar-refractivity contribution in [1.29, 1.82) is 0 Å². The molecule has 1 aliphatic carbocycles. The molecule has 0 bridgehead atoms. The van der Waals surface area contributed by atoms with E-state index in [1.54, 1.807) is 0 Å². The van der Waals surface area contributed by atoms with Crippen molar-refractivity contribution in [3.63, 3.8) is 0 Å². The van der Waals surface area contributed by atoms with Crippen LogP contribution in [0, 0.1) is 0 Å². The quantitative estimate of drug-likeness (QED) is 0.430. The third-order valence-corrected chi connectivity index (χ3v) is 1.57. The second kappa shape index (κ2) is 3.28. The minimum absolute atomic E-state index is 0.396. The van der Waals surface area contributed by atoms with Crippen LogP contribution in [0.2, 0.25) is 0 Å². The summed E-state index contributed by atoms with van der Waals surface area (Å²) in [6.45, 7) is 0. The normalized spacial score (nSPS) is 25.6. The summed E-state index contributed by atoms with van der Waals surface area (Å²) < 4.78 is 0. The van der Waals surface area contributed by atoms with Crippen molar-refractivity contribution in [1.82, 2.24) is 5.32 Å². The van der Waals surface area contributed by atoms with Gasteiger partial charge in [-0.2, -0.15) is 0 Å². The van der Waals surface area contributed by atoms with Gasteiger partial charge in [0.25, 0.3) is 0 Å². The van der Waals surface area contributed by atoms with E-state index in [0.717, 1.165) is 25.7 Å². The van der Waals surface area contributed by atoms with E-state index in [4.69, 9.17) is 0 Å². The van der Waals surface area contributed by atoms with Crippen molar-refractivity contribution in [2.45, 2.75) is 25.3 Å². The van der Waals surface area contributed by atoms with Crippen molar-refractivity contribution < 1.29 is 4.79 Å². The van der Waals surface area contributed by atoms with Gasteiger partial charge in [-0.15, -0.1) is 0 Å². The van der Waals surface area contributed by atoms with Crippen LogP contribution in [0.25, 0.3) is 0 Å². The van der Waals surface area contributed by atoms with Gasteiger partial charge in [-0.05, 0) is 19.3 Å². The first-order valence-electron chi connectivity index (χ1n) is 3.28. The van der Waals surface area contributed by atoms with Crippen LogP contribution in [0.1, 0.15) is 19.3 Å². The molecular weight excluding hydrogens is 114 g/mol. The largest absolute Gasteiger partial charge is 0.356 e. The molecule has 0 aliphatic heterocycles. The zero-order valence-corrected chi connectivity index (χ0v) is 5.34. The monoisotopic (exact) mass is 125 g/mol. The molecule has 0 aromatic carbocycles. The van der Waals surface area contributed by atoms with E-state index in [1.165, 1.54) is 0 Å². The first kappa shape index (κ1) is 6.33. The average molecular weight is 125 g/mol. The fraction of sp³-hybridized carbons (Fsp3) is 0.571. The van der Waals surface area contributed by atoms with Crippen molar-refractivity contribution >= 4 is 6.41 Å². The highest BCUT2D eigenvalue weighted by Gasteiger charge is 2.06. The molecule has 0 saturated carbocycles. The van der Waals surface area contributed by atoms with Crippen LogP contribution in [0.3, 0.4) is 0 Å². The fourth-order valence-electron chi connectivity index (χ4n) is 1.04. The van der Waals surface area contributed by atoms with E-state index in [-0.39, 0.29) is 0 Å². The first-order valence-corrected chi connectivity index (χ1v) is 3.28. The standard InChI is InChI=1S/C7H11NO/c9-6-8-7-4-2-1-3-5-7/h1-2,6-7H,3-5H2,(H,8,9)/t7-/m0/s1. The molecule has 0 heterocycles. The molecule has 50 valence electrons. The molecule has 0 saturated heterocycles. The third kappa shape index (κ3) is 1.88. The van der Waals surface area contributed by atoms with Gasteiger partial charge in [0.1, 0.15) is 0 Å². The van der Waals surface area contributed by atoms with Gasteiger partial charge in [0.05, 0.1) is 0 Å². The Bertz CT molecular complexity index is 120. The van der Waals surface area contributed by atoms with Gasteiger partial charge in [-0.3, -0.25) is 4.79 Å². The van der Waals surface area contributed by atoms with Gasteiger partial charge in [0.2, 0.25) is 6.41 Å². The average Bonchev–Trinajstić information content (AvgIpc) is 1.91. The van der Waals surface area contributed by atoms with Crippen LogP contribution in [0.4, 0.5) is 0 Å². The number of amides is 1. The summed E-state index contributed by atoms with van der Waals surface area (Å²) in [6, 6.07) is 0.396. The molecule has 1 amide bonds. The van der Waals surface area contributed by atoms with E-state index in [9.17, 15) is 4.79 Å². The summed E-state index contributed by atoms with van der Waals surface area (Å²) in [7, 11) is 0. The Morgan fingerprint density at radius 3 is 3.00 bits per heavy atom. The molecule has 0 aromatic rings.